The van der Waals surface area contributed by atoms with E-state index in [0.29, 0.717) is 17.9 Å². The van der Waals surface area contributed by atoms with E-state index in [-0.39, 0.29) is 5.56 Å². The molecule has 0 spiro atoms. The number of rotatable bonds is 7. The summed E-state index contributed by atoms with van der Waals surface area (Å²) in [5.74, 6) is -3.32. The van der Waals surface area contributed by atoms with Crippen molar-refractivity contribution in [3.8, 4) is 16.9 Å². The molecule has 0 radical (unpaired) electrons. The predicted molar refractivity (Wildman–Crippen MR) is 114 cm³/mol. The van der Waals surface area contributed by atoms with Gasteiger partial charge >= 0.3 is 18.3 Å². The van der Waals surface area contributed by atoms with Gasteiger partial charge in [-0.2, -0.15) is 31.4 Å². The van der Waals surface area contributed by atoms with Gasteiger partial charge in [-0.15, -0.1) is 0 Å². The molecule has 0 saturated heterocycles. The standard InChI is InChI=1S/C19H20F4N4O.C2HF3O2/c1-24-8-9-25-18-14-7-6-12(10-16(14)27(2)26-18)13-4-3-5-15(20)17(13)28-11-19(21,22)23;3-2(4,5)1(6)7/h3-7,10,24H,8-9,11H2,1-2H3,(H,25,26);(H,6,7). The molecule has 192 valence electrons. The smallest absolute Gasteiger partial charge is 0.480 e. The number of aliphatic carboxylic acids is 1. The molecule has 0 fully saturated rings. The van der Waals surface area contributed by atoms with Crippen molar-refractivity contribution in [2.24, 2.45) is 7.05 Å². The molecule has 2 aromatic carbocycles. The van der Waals surface area contributed by atoms with Gasteiger partial charge in [0.15, 0.2) is 24.0 Å². The number of nitrogens with one attached hydrogen (secondary N) is 2. The maximum Gasteiger partial charge on any atom is 0.490 e. The van der Waals surface area contributed by atoms with Gasteiger partial charge in [0.1, 0.15) is 0 Å². The molecule has 0 bridgehead atoms. The molecule has 0 aliphatic carbocycles. The van der Waals surface area contributed by atoms with Crippen LogP contribution in [0.4, 0.5) is 36.6 Å². The Kier molecular flexibility index (Phi) is 8.90. The van der Waals surface area contributed by atoms with Crippen LogP contribution in [0.25, 0.3) is 22.0 Å². The quantitative estimate of drug-likeness (QED) is 0.319. The third-order valence-corrected chi connectivity index (χ3v) is 4.42. The van der Waals surface area contributed by atoms with Crippen LogP contribution in [0.2, 0.25) is 0 Å². The molecule has 14 heteroatoms. The molecule has 3 aromatic rings. The van der Waals surface area contributed by atoms with Crippen LogP contribution in [0.3, 0.4) is 0 Å². The molecule has 0 amide bonds. The SMILES string of the molecule is CNCCNc1nn(C)c2cc(-c3cccc(F)c3OCC(F)(F)F)ccc12.O=C(O)C(F)(F)F. The van der Waals surface area contributed by atoms with Gasteiger partial charge in [0.25, 0.3) is 0 Å². The van der Waals surface area contributed by atoms with Crippen LogP contribution in [-0.4, -0.2) is 60.0 Å². The lowest BCUT2D eigenvalue weighted by Crippen LogP contribution is -2.21. The number of carboxylic acid groups (broad SMARTS) is 1. The Hall–Kier alpha value is -3.55. The minimum absolute atomic E-state index is 0.247. The van der Waals surface area contributed by atoms with E-state index in [1.165, 1.54) is 12.1 Å². The first kappa shape index (κ1) is 27.7. The highest BCUT2D eigenvalue weighted by Gasteiger charge is 2.38. The van der Waals surface area contributed by atoms with Crippen LogP contribution < -0.4 is 15.4 Å². The highest BCUT2D eigenvalue weighted by Crippen LogP contribution is 2.36. The molecule has 1 heterocycles. The van der Waals surface area contributed by atoms with Crippen molar-refractivity contribution < 1.29 is 45.4 Å². The average Bonchev–Trinajstić information content (AvgIpc) is 3.07. The van der Waals surface area contributed by atoms with E-state index in [4.69, 9.17) is 14.6 Å². The predicted octanol–water partition coefficient (Wildman–Crippen LogP) is 4.59. The molecule has 0 aliphatic heterocycles. The molecular weight excluding hydrogens is 489 g/mol. The molecule has 0 saturated carbocycles. The zero-order valence-electron chi connectivity index (χ0n) is 18.4. The normalized spacial score (nSPS) is 11.7. The summed E-state index contributed by atoms with van der Waals surface area (Å²) >= 11 is 0. The first-order valence-electron chi connectivity index (χ1n) is 9.88. The number of carbonyl (C=O) groups is 1. The van der Waals surface area contributed by atoms with Crippen LogP contribution >= 0.6 is 0 Å². The van der Waals surface area contributed by atoms with E-state index in [1.54, 1.807) is 29.9 Å². The first-order valence-corrected chi connectivity index (χ1v) is 9.88. The van der Waals surface area contributed by atoms with Crippen LogP contribution in [0, 0.1) is 5.82 Å². The largest absolute Gasteiger partial charge is 0.490 e. The molecule has 0 unspecified atom stereocenters. The topological polar surface area (TPSA) is 88.4 Å². The monoisotopic (exact) mass is 510 g/mol. The van der Waals surface area contributed by atoms with Crippen LogP contribution in [0.5, 0.6) is 5.75 Å². The van der Waals surface area contributed by atoms with E-state index in [2.05, 4.69) is 15.7 Å². The second-order valence-corrected chi connectivity index (χ2v) is 7.06. The Balaban J connectivity index is 0.000000540. The Morgan fingerprint density at radius 3 is 2.34 bits per heavy atom. The second kappa shape index (κ2) is 11.3. The summed E-state index contributed by atoms with van der Waals surface area (Å²) in [4.78, 5) is 8.90. The highest BCUT2D eigenvalue weighted by atomic mass is 19.4. The van der Waals surface area contributed by atoms with Gasteiger partial charge in [-0.1, -0.05) is 18.2 Å². The number of hydrogen-bond acceptors (Lipinski definition) is 5. The van der Waals surface area contributed by atoms with Crippen molar-refractivity contribution in [3.63, 3.8) is 0 Å². The Morgan fingerprint density at radius 1 is 1.11 bits per heavy atom. The first-order chi connectivity index (χ1) is 16.2. The summed E-state index contributed by atoms with van der Waals surface area (Å²) in [5, 5.41) is 18.7. The number of benzene rings is 2. The van der Waals surface area contributed by atoms with Crippen LogP contribution in [-0.2, 0) is 11.8 Å². The zero-order chi connectivity index (χ0) is 26.4. The van der Waals surface area contributed by atoms with Gasteiger partial charge < -0.3 is 20.5 Å². The number of halogens is 7. The Labute approximate surface area is 194 Å². The van der Waals surface area contributed by atoms with Crippen molar-refractivity contribution >= 4 is 22.7 Å². The van der Waals surface area contributed by atoms with Gasteiger partial charge in [0, 0.05) is 31.1 Å². The molecule has 7 nitrogen and oxygen atoms in total. The van der Waals surface area contributed by atoms with Crippen LogP contribution in [0.15, 0.2) is 36.4 Å². The number of carboxylic acids is 1. The van der Waals surface area contributed by atoms with Crippen LogP contribution in [0.1, 0.15) is 0 Å². The Morgan fingerprint density at radius 2 is 1.77 bits per heavy atom. The van der Waals surface area contributed by atoms with Crippen molar-refractivity contribution in [1.82, 2.24) is 15.1 Å². The van der Waals surface area contributed by atoms with Gasteiger partial charge in [-0.25, -0.2) is 9.18 Å². The number of fused-ring (bicyclic) bond motifs is 1. The maximum absolute atomic E-state index is 14.2. The summed E-state index contributed by atoms with van der Waals surface area (Å²) in [5.41, 5.74) is 1.54. The van der Waals surface area contributed by atoms with Crippen molar-refractivity contribution in [2.75, 3.05) is 32.1 Å². The molecule has 3 rings (SSSR count). The van der Waals surface area contributed by atoms with E-state index in [0.717, 1.165) is 23.5 Å². The number of anilines is 1. The van der Waals surface area contributed by atoms with E-state index >= 15 is 0 Å². The number of ether oxygens (including phenoxy) is 1. The van der Waals surface area contributed by atoms with E-state index in [9.17, 15) is 30.7 Å². The third kappa shape index (κ3) is 7.73. The number of para-hydroxylation sites is 1. The van der Waals surface area contributed by atoms with Crippen molar-refractivity contribution in [2.45, 2.75) is 12.4 Å². The number of aromatic nitrogens is 2. The summed E-state index contributed by atoms with van der Waals surface area (Å²) < 4.78 is 89.9. The molecule has 1 aromatic heterocycles. The summed E-state index contributed by atoms with van der Waals surface area (Å²) in [7, 11) is 3.62. The number of alkyl halides is 6. The summed E-state index contributed by atoms with van der Waals surface area (Å²) in [6.45, 7) is -0.114. The number of nitrogens with zero attached hydrogens (tertiary/aromatic N) is 2. The molecule has 3 N–H and O–H groups in total. The molecule has 0 atom stereocenters. The van der Waals surface area contributed by atoms with Gasteiger partial charge in [-0.3, -0.25) is 4.68 Å². The average molecular weight is 510 g/mol. The summed E-state index contributed by atoms with van der Waals surface area (Å²) in [6, 6.07) is 9.30. The minimum Gasteiger partial charge on any atom is -0.480 e. The fourth-order valence-corrected chi connectivity index (χ4v) is 2.90. The fraction of sp³-hybridized carbons (Fsp3) is 0.333. The number of aryl methyl sites for hydroxylation is 1. The van der Waals surface area contributed by atoms with E-state index < -0.39 is 36.5 Å². The van der Waals surface area contributed by atoms with Gasteiger partial charge in [0.2, 0.25) is 0 Å². The number of hydrogen-bond donors (Lipinski definition) is 3. The lowest BCUT2D eigenvalue weighted by Gasteiger charge is -2.14. The fourth-order valence-electron chi connectivity index (χ4n) is 2.90. The highest BCUT2D eigenvalue weighted by molar-refractivity contribution is 5.93. The van der Waals surface area contributed by atoms with Crippen molar-refractivity contribution in [1.29, 1.82) is 0 Å². The number of likely N-dealkylation sites (N-methyl/N-ethyl adjacent to an activating group) is 1. The minimum atomic E-state index is -5.08. The lowest BCUT2D eigenvalue weighted by molar-refractivity contribution is -0.192. The second-order valence-electron chi connectivity index (χ2n) is 7.06. The molecular formula is C21H21F7N4O3. The van der Waals surface area contributed by atoms with Gasteiger partial charge in [-0.05, 0) is 30.8 Å². The van der Waals surface area contributed by atoms with Crippen molar-refractivity contribution in [3.05, 3.63) is 42.2 Å². The third-order valence-electron chi connectivity index (χ3n) is 4.42. The maximum atomic E-state index is 14.2. The zero-order valence-corrected chi connectivity index (χ0v) is 18.4. The molecule has 0 aliphatic rings. The van der Waals surface area contributed by atoms with Gasteiger partial charge in [0.05, 0.1) is 5.52 Å². The van der Waals surface area contributed by atoms with E-state index in [1.807, 2.05) is 7.05 Å². The Bertz CT molecular complexity index is 1160. The molecule has 35 heavy (non-hydrogen) atoms. The lowest BCUT2D eigenvalue weighted by atomic mass is 10.0. The summed E-state index contributed by atoms with van der Waals surface area (Å²) in [6.07, 6.45) is -9.64.